The van der Waals surface area contributed by atoms with Crippen LogP contribution in [0.3, 0.4) is 0 Å². The Bertz CT molecular complexity index is 649. The Balaban J connectivity index is 2.13. The van der Waals surface area contributed by atoms with Crippen molar-refractivity contribution in [2.75, 3.05) is 11.4 Å². The van der Waals surface area contributed by atoms with Gasteiger partial charge in [-0.25, -0.2) is 4.79 Å². The molecular formula is C18H24N2O4. The van der Waals surface area contributed by atoms with E-state index in [9.17, 15) is 19.5 Å². The molecule has 24 heavy (non-hydrogen) atoms. The van der Waals surface area contributed by atoms with E-state index >= 15 is 0 Å². The van der Waals surface area contributed by atoms with Crippen molar-refractivity contribution in [3.8, 4) is 0 Å². The third kappa shape index (κ3) is 3.75. The molecule has 1 fully saturated rings. The van der Waals surface area contributed by atoms with Crippen molar-refractivity contribution in [1.29, 1.82) is 0 Å². The fourth-order valence-corrected chi connectivity index (χ4v) is 3.05. The Morgan fingerprint density at radius 1 is 1.21 bits per heavy atom. The largest absolute Gasteiger partial charge is 0.480 e. The molecule has 1 aliphatic rings. The van der Waals surface area contributed by atoms with Gasteiger partial charge in [0.15, 0.2) is 0 Å². The van der Waals surface area contributed by atoms with E-state index < -0.39 is 23.8 Å². The zero-order valence-corrected chi connectivity index (χ0v) is 14.5. The molecule has 6 heteroatoms. The zero-order valence-electron chi connectivity index (χ0n) is 14.5. The number of carbonyl (C=O) groups excluding carboxylic acids is 2. The number of aryl methyl sites for hydroxylation is 2. The van der Waals surface area contributed by atoms with Gasteiger partial charge in [0.05, 0.1) is 0 Å². The molecule has 0 spiro atoms. The van der Waals surface area contributed by atoms with Gasteiger partial charge >= 0.3 is 5.97 Å². The molecule has 1 aliphatic heterocycles. The van der Waals surface area contributed by atoms with Gasteiger partial charge in [0.2, 0.25) is 11.8 Å². The lowest BCUT2D eigenvalue weighted by Crippen LogP contribution is -2.48. The summed E-state index contributed by atoms with van der Waals surface area (Å²) in [5, 5.41) is 11.7. The lowest BCUT2D eigenvalue weighted by Gasteiger charge is -2.21. The van der Waals surface area contributed by atoms with Crippen molar-refractivity contribution in [3.63, 3.8) is 0 Å². The summed E-state index contributed by atoms with van der Waals surface area (Å²) in [6.07, 6.45) is 0.391. The van der Waals surface area contributed by atoms with Crippen LogP contribution in [0.25, 0.3) is 0 Å². The summed E-state index contributed by atoms with van der Waals surface area (Å²) in [5.74, 6) is -2.95. The zero-order chi connectivity index (χ0) is 18.0. The number of carboxylic acids is 1. The second-order valence-electron chi connectivity index (χ2n) is 6.75. The molecule has 2 N–H and O–H groups in total. The van der Waals surface area contributed by atoms with Gasteiger partial charge in [0.25, 0.3) is 0 Å². The lowest BCUT2D eigenvalue weighted by molar-refractivity contribution is -0.144. The summed E-state index contributed by atoms with van der Waals surface area (Å²) in [7, 11) is 0. The highest BCUT2D eigenvalue weighted by Crippen LogP contribution is 2.27. The fraction of sp³-hybridized carbons (Fsp3) is 0.500. The molecule has 1 unspecified atom stereocenters. The quantitative estimate of drug-likeness (QED) is 0.806. The number of amides is 2. The number of rotatable bonds is 5. The highest BCUT2D eigenvalue weighted by atomic mass is 16.4. The standard InChI is InChI=1S/C18H24N2O4/c1-10(2)15(18(23)24)19-16(21)14-5-6-20(17(14)22)13-8-11(3)7-12(4)9-13/h7-10,14-15H,5-6H2,1-4H3,(H,19,21)(H,23,24)/t14?,15-/m1/s1. The topological polar surface area (TPSA) is 86.7 Å². The van der Waals surface area contributed by atoms with Gasteiger partial charge in [0, 0.05) is 12.2 Å². The normalized spacial score (nSPS) is 18.8. The summed E-state index contributed by atoms with van der Waals surface area (Å²) >= 11 is 0. The Morgan fingerprint density at radius 3 is 2.29 bits per heavy atom. The second kappa shape index (κ2) is 7.03. The number of carbonyl (C=O) groups is 3. The summed E-state index contributed by atoms with van der Waals surface area (Å²) in [4.78, 5) is 37.8. The third-order valence-electron chi connectivity index (χ3n) is 4.27. The number of hydrogen-bond acceptors (Lipinski definition) is 3. The number of anilines is 1. The van der Waals surface area contributed by atoms with Crippen molar-refractivity contribution < 1.29 is 19.5 Å². The molecule has 2 amide bonds. The van der Waals surface area contributed by atoms with E-state index in [1.165, 1.54) is 0 Å². The predicted octanol–water partition coefficient (Wildman–Crippen LogP) is 1.88. The highest BCUT2D eigenvalue weighted by Gasteiger charge is 2.39. The smallest absolute Gasteiger partial charge is 0.326 e. The minimum atomic E-state index is -1.09. The van der Waals surface area contributed by atoms with Crippen LogP contribution in [0.5, 0.6) is 0 Å². The third-order valence-corrected chi connectivity index (χ3v) is 4.27. The van der Waals surface area contributed by atoms with Gasteiger partial charge < -0.3 is 15.3 Å². The minimum absolute atomic E-state index is 0.251. The van der Waals surface area contributed by atoms with Crippen LogP contribution in [-0.4, -0.2) is 35.5 Å². The van der Waals surface area contributed by atoms with Crippen LogP contribution in [0.4, 0.5) is 5.69 Å². The number of carboxylic acid groups (broad SMARTS) is 1. The molecule has 0 aromatic heterocycles. The molecular weight excluding hydrogens is 308 g/mol. The van der Waals surface area contributed by atoms with Crippen LogP contribution < -0.4 is 10.2 Å². The SMILES string of the molecule is Cc1cc(C)cc(N2CCC(C(=O)N[C@@H](C(=O)O)C(C)C)C2=O)c1. The molecule has 6 nitrogen and oxygen atoms in total. The molecule has 0 aliphatic carbocycles. The van der Waals surface area contributed by atoms with Crippen LogP contribution in [0.1, 0.15) is 31.4 Å². The van der Waals surface area contributed by atoms with Crippen LogP contribution in [-0.2, 0) is 14.4 Å². The van der Waals surface area contributed by atoms with Crippen LogP contribution in [0, 0.1) is 25.7 Å². The molecule has 0 radical (unpaired) electrons. The van der Waals surface area contributed by atoms with Crippen molar-refractivity contribution in [2.24, 2.45) is 11.8 Å². The second-order valence-corrected chi connectivity index (χ2v) is 6.75. The number of aliphatic carboxylic acids is 1. The minimum Gasteiger partial charge on any atom is -0.480 e. The van der Waals surface area contributed by atoms with Crippen molar-refractivity contribution >= 4 is 23.5 Å². The Morgan fingerprint density at radius 2 is 1.79 bits per heavy atom. The van der Waals surface area contributed by atoms with E-state index in [-0.39, 0.29) is 11.8 Å². The summed E-state index contributed by atoms with van der Waals surface area (Å²) < 4.78 is 0. The van der Waals surface area contributed by atoms with E-state index in [0.29, 0.717) is 13.0 Å². The first-order chi connectivity index (χ1) is 11.2. The van der Waals surface area contributed by atoms with Gasteiger partial charge in [-0.2, -0.15) is 0 Å². The Labute approximate surface area is 141 Å². The first-order valence-electron chi connectivity index (χ1n) is 8.13. The van der Waals surface area contributed by atoms with Crippen LogP contribution >= 0.6 is 0 Å². The molecule has 1 aromatic carbocycles. The first-order valence-corrected chi connectivity index (χ1v) is 8.13. The van der Waals surface area contributed by atoms with Gasteiger partial charge in [-0.15, -0.1) is 0 Å². The molecule has 130 valence electrons. The van der Waals surface area contributed by atoms with Crippen LogP contribution in [0.2, 0.25) is 0 Å². The molecule has 1 heterocycles. The van der Waals surface area contributed by atoms with E-state index in [0.717, 1.165) is 16.8 Å². The van der Waals surface area contributed by atoms with E-state index in [4.69, 9.17) is 0 Å². The van der Waals surface area contributed by atoms with Gasteiger partial charge in [0.1, 0.15) is 12.0 Å². The molecule has 2 atom stereocenters. The number of hydrogen-bond donors (Lipinski definition) is 2. The first kappa shape index (κ1) is 18.0. The van der Waals surface area contributed by atoms with E-state index in [1.54, 1.807) is 18.7 Å². The van der Waals surface area contributed by atoms with E-state index in [2.05, 4.69) is 5.32 Å². The van der Waals surface area contributed by atoms with Gasteiger partial charge in [-0.3, -0.25) is 9.59 Å². The van der Waals surface area contributed by atoms with E-state index in [1.807, 2.05) is 32.0 Å². The van der Waals surface area contributed by atoms with Gasteiger partial charge in [-0.05, 0) is 49.4 Å². The van der Waals surface area contributed by atoms with Crippen molar-refractivity contribution in [2.45, 2.75) is 40.2 Å². The van der Waals surface area contributed by atoms with Gasteiger partial charge in [-0.1, -0.05) is 19.9 Å². The Kier molecular flexibility index (Phi) is 5.26. The maximum atomic E-state index is 12.6. The summed E-state index contributed by atoms with van der Waals surface area (Å²) in [6.45, 7) is 7.82. The average Bonchev–Trinajstić information content (AvgIpc) is 2.84. The average molecular weight is 332 g/mol. The van der Waals surface area contributed by atoms with Crippen molar-refractivity contribution in [1.82, 2.24) is 5.32 Å². The summed E-state index contributed by atoms with van der Waals surface area (Å²) in [6, 6.07) is 4.87. The van der Waals surface area contributed by atoms with Crippen molar-refractivity contribution in [3.05, 3.63) is 29.3 Å². The number of nitrogens with zero attached hydrogens (tertiary/aromatic N) is 1. The van der Waals surface area contributed by atoms with Crippen LogP contribution in [0.15, 0.2) is 18.2 Å². The maximum absolute atomic E-state index is 12.6. The summed E-state index contributed by atoms with van der Waals surface area (Å²) in [5.41, 5.74) is 2.89. The number of benzene rings is 1. The predicted molar refractivity (Wildman–Crippen MR) is 90.8 cm³/mol. The molecule has 0 bridgehead atoms. The number of nitrogens with one attached hydrogen (secondary N) is 1. The fourth-order valence-electron chi connectivity index (χ4n) is 3.05. The monoisotopic (exact) mass is 332 g/mol. The molecule has 2 rings (SSSR count). The lowest BCUT2D eigenvalue weighted by atomic mass is 10.0. The molecule has 1 aromatic rings. The highest BCUT2D eigenvalue weighted by molar-refractivity contribution is 6.10. The Hall–Kier alpha value is -2.37. The molecule has 0 saturated carbocycles. The molecule has 1 saturated heterocycles. The maximum Gasteiger partial charge on any atom is 0.326 e.